The Morgan fingerprint density at radius 3 is 2.61 bits per heavy atom. The van der Waals surface area contributed by atoms with Crippen LogP contribution in [0.25, 0.3) is 11.1 Å². The summed E-state index contributed by atoms with van der Waals surface area (Å²) in [5.74, 6) is 1.49. The van der Waals surface area contributed by atoms with Gasteiger partial charge in [0.15, 0.2) is 0 Å². The van der Waals surface area contributed by atoms with Crippen LogP contribution in [-0.4, -0.2) is 41.3 Å². The van der Waals surface area contributed by atoms with Gasteiger partial charge in [-0.1, -0.05) is 12.1 Å². The van der Waals surface area contributed by atoms with Crippen molar-refractivity contribution in [1.82, 2.24) is 15.1 Å². The molecule has 0 aliphatic carbocycles. The number of nitrogens with two attached hydrogens (primary N) is 1. The first-order valence-corrected chi connectivity index (χ1v) is 5.97. The molecule has 0 unspecified atom stereocenters. The number of nitrogen functional groups attached to an aromatic ring is 1. The molecule has 1 aliphatic heterocycles. The Hall–Kier alpha value is -2.01. The number of aromatic nitrogens is 2. The minimum Gasteiger partial charge on any atom is -0.488 e. The van der Waals surface area contributed by atoms with Crippen molar-refractivity contribution >= 4 is 5.82 Å². The van der Waals surface area contributed by atoms with Crippen LogP contribution < -0.4 is 10.5 Å². The van der Waals surface area contributed by atoms with Crippen LogP contribution in [0.15, 0.2) is 30.5 Å². The fourth-order valence-electron chi connectivity index (χ4n) is 2.15. The number of aromatic amines is 1. The third-order valence-corrected chi connectivity index (χ3v) is 3.17. The molecule has 0 radical (unpaired) electrons. The number of hydrogen-bond donors (Lipinski definition) is 2. The molecule has 5 nitrogen and oxygen atoms in total. The van der Waals surface area contributed by atoms with Crippen LogP contribution >= 0.6 is 0 Å². The number of nitrogens with one attached hydrogen (secondary N) is 1. The van der Waals surface area contributed by atoms with Crippen molar-refractivity contribution in [1.29, 1.82) is 0 Å². The maximum absolute atomic E-state index is 5.83. The number of likely N-dealkylation sites (tertiary alicyclic amines) is 1. The lowest BCUT2D eigenvalue weighted by molar-refractivity contribution is 0.0388. The van der Waals surface area contributed by atoms with Gasteiger partial charge >= 0.3 is 0 Å². The summed E-state index contributed by atoms with van der Waals surface area (Å²) in [5.41, 5.74) is 7.74. The molecule has 2 aromatic rings. The molecular formula is C13H16N4O. The second-order valence-electron chi connectivity index (χ2n) is 4.68. The van der Waals surface area contributed by atoms with E-state index in [1.54, 1.807) is 6.20 Å². The van der Waals surface area contributed by atoms with Gasteiger partial charge in [-0.25, -0.2) is 0 Å². The molecule has 1 saturated heterocycles. The van der Waals surface area contributed by atoms with Crippen molar-refractivity contribution in [2.75, 3.05) is 25.9 Å². The molecule has 0 bridgehead atoms. The van der Waals surface area contributed by atoms with E-state index in [9.17, 15) is 0 Å². The van der Waals surface area contributed by atoms with Crippen molar-refractivity contribution in [3.63, 3.8) is 0 Å². The Balaban J connectivity index is 1.71. The van der Waals surface area contributed by atoms with Crippen LogP contribution in [-0.2, 0) is 0 Å². The Kier molecular flexibility index (Phi) is 2.68. The Labute approximate surface area is 106 Å². The van der Waals surface area contributed by atoms with Gasteiger partial charge in [0.05, 0.1) is 6.20 Å². The van der Waals surface area contributed by atoms with E-state index in [0.29, 0.717) is 11.9 Å². The molecular weight excluding hydrogens is 228 g/mol. The van der Waals surface area contributed by atoms with E-state index in [1.165, 1.54) is 0 Å². The predicted molar refractivity (Wildman–Crippen MR) is 70.3 cm³/mol. The number of likely N-dealkylation sites (N-methyl/N-ethyl adjacent to an activating group) is 1. The molecule has 0 saturated carbocycles. The average molecular weight is 244 g/mol. The van der Waals surface area contributed by atoms with Crippen LogP contribution in [0.1, 0.15) is 0 Å². The summed E-state index contributed by atoms with van der Waals surface area (Å²) in [5, 5.41) is 6.64. The lowest BCUT2D eigenvalue weighted by atomic mass is 10.1. The van der Waals surface area contributed by atoms with Crippen molar-refractivity contribution in [3.8, 4) is 16.9 Å². The third kappa shape index (κ3) is 2.04. The Morgan fingerprint density at radius 2 is 2.06 bits per heavy atom. The summed E-state index contributed by atoms with van der Waals surface area (Å²) < 4.78 is 5.83. The van der Waals surface area contributed by atoms with E-state index in [1.807, 2.05) is 24.3 Å². The molecule has 94 valence electrons. The van der Waals surface area contributed by atoms with E-state index < -0.39 is 0 Å². The molecule has 5 heteroatoms. The highest BCUT2D eigenvalue weighted by Gasteiger charge is 2.24. The van der Waals surface area contributed by atoms with Gasteiger partial charge in [-0.2, -0.15) is 5.10 Å². The summed E-state index contributed by atoms with van der Waals surface area (Å²) in [6, 6.07) is 7.94. The van der Waals surface area contributed by atoms with Crippen LogP contribution in [0.3, 0.4) is 0 Å². The zero-order valence-corrected chi connectivity index (χ0v) is 10.3. The fraction of sp³-hybridized carbons (Fsp3) is 0.308. The van der Waals surface area contributed by atoms with E-state index in [2.05, 4.69) is 22.1 Å². The monoisotopic (exact) mass is 244 g/mol. The van der Waals surface area contributed by atoms with E-state index in [4.69, 9.17) is 10.5 Å². The highest BCUT2D eigenvalue weighted by atomic mass is 16.5. The third-order valence-electron chi connectivity index (χ3n) is 3.17. The maximum Gasteiger partial charge on any atom is 0.126 e. The highest BCUT2D eigenvalue weighted by molar-refractivity contribution is 5.73. The first-order chi connectivity index (χ1) is 8.72. The van der Waals surface area contributed by atoms with E-state index in [-0.39, 0.29) is 0 Å². The van der Waals surface area contributed by atoms with Gasteiger partial charge in [0, 0.05) is 18.7 Å². The van der Waals surface area contributed by atoms with Gasteiger partial charge in [0.2, 0.25) is 0 Å². The lowest BCUT2D eigenvalue weighted by Gasteiger charge is -2.36. The zero-order valence-electron chi connectivity index (χ0n) is 10.3. The number of anilines is 1. The van der Waals surface area contributed by atoms with E-state index >= 15 is 0 Å². The van der Waals surface area contributed by atoms with Gasteiger partial charge in [-0.15, -0.1) is 0 Å². The van der Waals surface area contributed by atoms with Gasteiger partial charge in [0.1, 0.15) is 17.7 Å². The molecule has 0 atom stereocenters. The van der Waals surface area contributed by atoms with Gasteiger partial charge in [-0.3, -0.25) is 10.00 Å². The molecule has 0 spiro atoms. The van der Waals surface area contributed by atoms with Crippen molar-refractivity contribution in [2.45, 2.75) is 6.10 Å². The molecule has 1 fully saturated rings. The summed E-state index contributed by atoms with van der Waals surface area (Å²) in [6.45, 7) is 1.99. The van der Waals surface area contributed by atoms with Crippen LogP contribution in [0.2, 0.25) is 0 Å². The number of nitrogens with zero attached hydrogens (tertiary/aromatic N) is 2. The van der Waals surface area contributed by atoms with Crippen molar-refractivity contribution < 1.29 is 4.74 Å². The molecule has 1 aromatic carbocycles. The first kappa shape index (κ1) is 11.1. The van der Waals surface area contributed by atoms with Crippen LogP contribution in [0.5, 0.6) is 5.75 Å². The number of H-pyrrole nitrogens is 1. The van der Waals surface area contributed by atoms with Gasteiger partial charge < -0.3 is 10.5 Å². The standard InChI is InChI=1S/C13H16N4O/c1-17-7-11(8-17)18-10-4-2-9(3-5-10)12-6-15-16-13(12)14/h2-6,11H,7-8H2,1H3,(H3,14,15,16). The second-order valence-corrected chi connectivity index (χ2v) is 4.68. The summed E-state index contributed by atoms with van der Waals surface area (Å²) >= 11 is 0. The second kappa shape index (κ2) is 4.34. The van der Waals surface area contributed by atoms with Crippen molar-refractivity contribution in [3.05, 3.63) is 30.5 Å². The highest BCUT2D eigenvalue weighted by Crippen LogP contribution is 2.26. The van der Waals surface area contributed by atoms with Crippen LogP contribution in [0, 0.1) is 0 Å². The summed E-state index contributed by atoms with van der Waals surface area (Å²) in [6.07, 6.45) is 2.05. The molecule has 0 amide bonds. The van der Waals surface area contributed by atoms with Crippen LogP contribution in [0.4, 0.5) is 5.82 Å². The topological polar surface area (TPSA) is 67.2 Å². The molecule has 1 aromatic heterocycles. The van der Waals surface area contributed by atoms with Gasteiger partial charge in [0.25, 0.3) is 0 Å². The Morgan fingerprint density at radius 1 is 1.33 bits per heavy atom. The number of rotatable bonds is 3. The molecule has 2 heterocycles. The first-order valence-electron chi connectivity index (χ1n) is 5.97. The number of benzene rings is 1. The predicted octanol–water partition coefficient (Wildman–Crippen LogP) is 1.35. The average Bonchev–Trinajstić information content (AvgIpc) is 2.75. The summed E-state index contributed by atoms with van der Waals surface area (Å²) in [4.78, 5) is 2.23. The SMILES string of the molecule is CN1CC(Oc2ccc(-c3cn[nH]c3N)cc2)C1. The molecule has 18 heavy (non-hydrogen) atoms. The van der Waals surface area contributed by atoms with Crippen molar-refractivity contribution in [2.24, 2.45) is 0 Å². The van der Waals surface area contributed by atoms with Gasteiger partial charge in [-0.05, 0) is 24.7 Å². The Bertz CT molecular complexity index is 528. The molecule has 1 aliphatic rings. The fourth-order valence-corrected chi connectivity index (χ4v) is 2.15. The largest absolute Gasteiger partial charge is 0.488 e. The minimum absolute atomic E-state index is 0.319. The maximum atomic E-state index is 5.83. The zero-order chi connectivity index (χ0) is 12.5. The minimum atomic E-state index is 0.319. The summed E-state index contributed by atoms with van der Waals surface area (Å²) in [7, 11) is 2.09. The molecule has 3 N–H and O–H groups in total. The molecule has 3 rings (SSSR count). The number of hydrogen-bond acceptors (Lipinski definition) is 4. The normalized spacial score (nSPS) is 16.5. The quantitative estimate of drug-likeness (QED) is 0.855. The number of ether oxygens (including phenoxy) is 1. The lowest BCUT2D eigenvalue weighted by Crippen LogP contribution is -2.51. The smallest absolute Gasteiger partial charge is 0.126 e. The van der Waals surface area contributed by atoms with E-state index in [0.717, 1.165) is 30.0 Å².